The van der Waals surface area contributed by atoms with E-state index in [9.17, 15) is 13.6 Å². The monoisotopic (exact) mass is 290 g/mol. The molecule has 8 heteroatoms. The van der Waals surface area contributed by atoms with Crippen molar-refractivity contribution in [1.82, 2.24) is 9.88 Å². The van der Waals surface area contributed by atoms with Gasteiger partial charge < -0.3 is 4.90 Å². The van der Waals surface area contributed by atoms with Gasteiger partial charge in [0.1, 0.15) is 19.5 Å². The van der Waals surface area contributed by atoms with Crippen LogP contribution in [0.25, 0.3) is 0 Å². The van der Waals surface area contributed by atoms with Crippen molar-refractivity contribution in [2.45, 2.75) is 11.9 Å². The molecule has 0 atom stereocenters. The highest BCUT2D eigenvalue weighted by Crippen LogP contribution is 2.34. The predicted octanol–water partition coefficient (Wildman–Crippen LogP) is 0.257. The van der Waals surface area contributed by atoms with E-state index in [-0.39, 0.29) is 22.3 Å². The summed E-state index contributed by atoms with van der Waals surface area (Å²) in [4.78, 5) is 17.3. The van der Waals surface area contributed by atoms with Crippen LogP contribution < -0.4 is 5.46 Å². The average molecular weight is 290 g/mol. The first-order valence-electron chi connectivity index (χ1n) is 6.41. The summed E-state index contributed by atoms with van der Waals surface area (Å²) >= 11 is 0. The Morgan fingerprint density at radius 3 is 2.45 bits per heavy atom. The van der Waals surface area contributed by atoms with Gasteiger partial charge in [-0.1, -0.05) is 5.46 Å². The Balaban J connectivity index is 2.03. The summed E-state index contributed by atoms with van der Waals surface area (Å²) in [6, 6.07) is 5.01. The van der Waals surface area contributed by atoms with Crippen LogP contribution in [-0.2, 0) is 11.9 Å². The lowest BCUT2D eigenvalue weighted by molar-refractivity contribution is 0.0727. The Hall–Kier alpha value is -2.11. The van der Waals surface area contributed by atoms with Crippen LogP contribution in [0.5, 0.6) is 0 Å². The number of fused-ring (bicyclic) bond motifs is 1. The minimum absolute atomic E-state index is 0.0526. The largest absolute Gasteiger partial charge is 0.340 e. The highest BCUT2D eigenvalue weighted by Gasteiger charge is 2.43. The molecule has 0 unspecified atom stereocenters. The van der Waals surface area contributed by atoms with Crippen LogP contribution in [0, 0.1) is 11.6 Å². The number of aromatic nitrogens is 1. The van der Waals surface area contributed by atoms with Crippen LogP contribution in [0.2, 0.25) is 0 Å². The molecule has 0 aliphatic carbocycles. The molecule has 102 valence electrons. The van der Waals surface area contributed by atoms with E-state index in [2.05, 4.69) is 4.98 Å². The smallest absolute Gasteiger partial charge is 0.255 e. The Kier molecular flexibility index (Phi) is 3.35. The summed E-state index contributed by atoms with van der Waals surface area (Å²) < 4.78 is 27.8. The number of amides is 1. The number of hydrogen-bond acceptors (Lipinski definition) is 2. The lowest BCUT2D eigenvalue weighted by atomic mass is 9.59. The van der Waals surface area contributed by atoms with Crippen LogP contribution in [0.15, 0.2) is 30.5 Å². The van der Waals surface area contributed by atoms with E-state index in [1.807, 2.05) is 0 Å². The fourth-order valence-corrected chi connectivity index (χ4v) is 2.47. The van der Waals surface area contributed by atoms with Crippen LogP contribution >= 0.6 is 0 Å². The number of halogens is 2. The van der Waals surface area contributed by atoms with E-state index in [0.29, 0.717) is 0 Å². The molecule has 2 heterocycles. The highest BCUT2D eigenvalue weighted by molar-refractivity contribution is 6.42. The topological polar surface area (TPSA) is 33.2 Å². The molecule has 0 saturated carbocycles. The van der Waals surface area contributed by atoms with Crippen LogP contribution in [-0.4, -0.2) is 39.3 Å². The van der Waals surface area contributed by atoms with E-state index < -0.39 is 29.4 Å². The van der Waals surface area contributed by atoms with Crippen LogP contribution in [0.1, 0.15) is 21.6 Å². The van der Waals surface area contributed by atoms with Crippen molar-refractivity contribution in [1.29, 1.82) is 0 Å². The Morgan fingerprint density at radius 2 is 1.86 bits per heavy atom. The maximum absolute atomic E-state index is 13.9. The van der Waals surface area contributed by atoms with Gasteiger partial charge in [-0.2, -0.15) is 0 Å². The molecule has 22 heavy (non-hydrogen) atoms. The fraction of sp³-hybridized carbons (Fsp3) is 0.143. The van der Waals surface area contributed by atoms with Gasteiger partial charge in [-0.15, -0.1) is 0 Å². The fourth-order valence-electron chi connectivity index (χ4n) is 2.47. The molecule has 0 fully saturated rings. The minimum Gasteiger partial charge on any atom is -0.340 e. The molecule has 3 rings (SSSR count). The number of nitrogens with zero attached hydrogens (tertiary/aromatic N) is 2. The van der Waals surface area contributed by atoms with Gasteiger partial charge in [-0.05, 0) is 24.3 Å². The van der Waals surface area contributed by atoms with Crippen molar-refractivity contribution in [2.24, 2.45) is 0 Å². The third-order valence-electron chi connectivity index (χ3n) is 3.59. The minimum atomic E-state index is -1.74. The zero-order chi connectivity index (χ0) is 16.1. The first-order valence-corrected chi connectivity index (χ1v) is 6.41. The van der Waals surface area contributed by atoms with Crippen molar-refractivity contribution in [3.8, 4) is 0 Å². The van der Waals surface area contributed by atoms with E-state index in [4.69, 9.17) is 23.5 Å². The molecule has 0 spiro atoms. The summed E-state index contributed by atoms with van der Waals surface area (Å²) in [6.45, 7) is -0.430. The van der Waals surface area contributed by atoms with Gasteiger partial charge in [-0.25, -0.2) is 8.78 Å². The quantitative estimate of drug-likeness (QED) is 0.743. The summed E-state index contributed by atoms with van der Waals surface area (Å²) in [5, 5.41) is -1.74. The molecule has 0 saturated heterocycles. The molecule has 1 amide bonds. The summed E-state index contributed by atoms with van der Waals surface area (Å²) in [5.74, 6) is -2.28. The molecule has 0 N–H and O–H groups in total. The number of benzene rings is 1. The molecule has 2 aromatic rings. The molecular weight excluding hydrogens is 283 g/mol. The van der Waals surface area contributed by atoms with E-state index in [1.165, 1.54) is 12.3 Å². The normalized spacial score (nSPS) is 15.9. The van der Waals surface area contributed by atoms with Gasteiger partial charge in [-0.3, -0.25) is 9.78 Å². The van der Waals surface area contributed by atoms with Gasteiger partial charge in [0.25, 0.3) is 5.91 Å². The molecule has 1 aliphatic rings. The van der Waals surface area contributed by atoms with Gasteiger partial charge in [0.05, 0.1) is 33.5 Å². The zero-order valence-electron chi connectivity index (χ0n) is 11.4. The van der Waals surface area contributed by atoms with Crippen molar-refractivity contribution in [3.05, 3.63) is 58.9 Å². The summed E-state index contributed by atoms with van der Waals surface area (Å²) in [6.07, 6.45) is 1.44. The number of carbonyl (C=O) groups is 1. The van der Waals surface area contributed by atoms with Gasteiger partial charge >= 0.3 is 0 Å². The first kappa shape index (κ1) is 14.8. The Morgan fingerprint density at radius 1 is 1.23 bits per heavy atom. The number of hydrogen-bond donors (Lipinski definition) is 0. The molecule has 0 bridgehead atoms. The Bertz CT molecular complexity index is 759. The molecule has 3 nitrogen and oxygen atoms in total. The number of rotatable bonds is 2. The van der Waals surface area contributed by atoms with E-state index in [0.717, 1.165) is 17.0 Å². The molecule has 1 aliphatic heterocycles. The second-order valence-corrected chi connectivity index (χ2v) is 5.08. The first-order chi connectivity index (χ1) is 10.3. The molecule has 1 aromatic heterocycles. The highest BCUT2D eigenvalue weighted by atomic mass is 19.1. The summed E-state index contributed by atoms with van der Waals surface area (Å²) in [7, 11) is 17.3. The molecule has 1 aromatic carbocycles. The summed E-state index contributed by atoms with van der Waals surface area (Å²) in [5.41, 5.74) is -0.0149. The average Bonchev–Trinajstić information content (AvgIpc) is 2.63. The van der Waals surface area contributed by atoms with Crippen molar-refractivity contribution < 1.29 is 13.6 Å². The van der Waals surface area contributed by atoms with Gasteiger partial charge in [0.2, 0.25) is 0 Å². The van der Waals surface area contributed by atoms with Crippen molar-refractivity contribution in [3.63, 3.8) is 0 Å². The third kappa shape index (κ3) is 2.14. The maximum Gasteiger partial charge on any atom is 0.255 e. The van der Waals surface area contributed by atoms with Crippen LogP contribution in [0.4, 0.5) is 8.78 Å². The second kappa shape index (κ2) is 4.97. The van der Waals surface area contributed by atoms with Crippen molar-refractivity contribution in [2.75, 3.05) is 0 Å². The lowest BCUT2D eigenvalue weighted by Gasteiger charge is -2.33. The Labute approximate surface area is 130 Å². The molecule has 6 radical (unpaired) electrons. The standard InChI is InChI=1S/C14H7B3F2N2O/c15-7-4-10(18)9(11(19)5-7)6-21-13(22)8-2-1-3-20-12(8)14(21,16)17/h1-5H,6H2. The molecular formula is C14H7B3F2N2O. The SMILES string of the molecule is [B]c1cc(F)c(CN2C(=O)c3cccnc3C2([B])[B])c(F)c1. The third-order valence-corrected chi connectivity index (χ3v) is 3.59. The van der Waals surface area contributed by atoms with Crippen LogP contribution in [0.3, 0.4) is 0 Å². The zero-order valence-corrected chi connectivity index (χ0v) is 11.4. The van der Waals surface area contributed by atoms with E-state index in [1.54, 1.807) is 6.07 Å². The van der Waals surface area contributed by atoms with Gasteiger partial charge in [0, 0.05) is 17.1 Å². The number of carbonyl (C=O) groups excluding carboxylic acids is 1. The number of pyridine rings is 1. The second-order valence-electron chi connectivity index (χ2n) is 5.08. The van der Waals surface area contributed by atoms with E-state index >= 15 is 0 Å². The van der Waals surface area contributed by atoms with Gasteiger partial charge in [0.15, 0.2) is 0 Å². The lowest BCUT2D eigenvalue weighted by Crippen LogP contribution is -2.45. The maximum atomic E-state index is 13.9. The van der Waals surface area contributed by atoms with Crippen molar-refractivity contribution >= 4 is 34.9 Å². The predicted molar refractivity (Wildman–Crippen MR) is 79.0 cm³/mol.